The number of unbranched alkanes of at least 4 members (excludes halogenated alkanes) is 12. The Kier molecular flexibility index (Phi) is 43.9. The topological polar surface area (TPSA) is 179 Å². The molecular weight excluding hydrogens is 1870 g/mol. The Morgan fingerprint density at radius 1 is 0.267 bits per heavy atom. The van der Waals surface area contributed by atoms with Gasteiger partial charge >= 0.3 is 0 Å². The van der Waals surface area contributed by atoms with Crippen LogP contribution in [0.4, 0.5) is 0 Å². The van der Waals surface area contributed by atoms with E-state index in [0.29, 0.717) is 144 Å². The first-order chi connectivity index (χ1) is 69.7. The van der Waals surface area contributed by atoms with Gasteiger partial charge in [-0.05, 0) is 118 Å². The van der Waals surface area contributed by atoms with Crippen LogP contribution in [0.15, 0.2) is 91.8 Å². The summed E-state index contributed by atoms with van der Waals surface area (Å²) in [6.45, 7) is 74.0. The fourth-order valence-corrected chi connectivity index (χ4v) is 18.6. The summed E-state index contributed by atoms with van der Waals surface area (Å²) in [5.41, 5.74) is 20.4. The lowest BCUT2D eigenvalue weighted by molar-refractivity contribution is 0.0972. The lowest BCUT2D eigenvalue weighted by Gasteiger charge is -2.36. The van der Waals surface area contributed by atoms with Crippen LogP contribution < -0.4 is 37.9 Å². The van der Waals surface area contributed by atoms with Crippen LogP contribution in [-0.2, 0) is 0 Å². The standard InChI is InChI=1S/C128H168O12.C6H11Cl.C2H3N/c1-37-41-45-49-53-93-101-77-103-94(54-50-46-42-38-2)105-79-107-96(56-52-48-44-40-4)108-80-106-95(55-51-47-43-39-3)104-78-102(93)110-98(62-58-86(118(8,9)10)74-90(122(20,21)22)66-70-126(31,32)130)112(104)136-83-138-114(106)100(64-60-88(120(14,15)16)76-92(124(26,27)28)68-72-128(35,36)132)116(108)140-84-139-115(107)99(63-59-87(119(11,12)13)75-91(123(23,24)25)67-71-127(33,34)131)113(105)137-82-135-111(103)97(109(101)133-81-134-110)61-57-85(117(5,6)7)73-89(121(17,18)19)65-69-125(29,30)129;7-6-4-2-1-3-5-6;1-2-3/h77-80,93-96,129-132H,37-56,81-84H2,1-36H3;6H,1-5H2;1H3. The SMILES string of the molecule is CC#N.CCCCCCC1c2cc3c4c(C#CC(=C=C(C#CC(C)(C)O)C(C)(C)C)C(C)(C)C)c2OCOc2c1cc1c(c2C#CC(=C=C(C#CC(C)(C)O)C(C)(C)C)C(C)(C)C)OCOc2c(cc5c(c2C#CC(=C=C(C#CC(C)(C)O)C(C)(C)C)C(C)(C)C)OCOc2c(cc(c(c2C#CC(=C=C(C#CC(C)(C)O)C(C)(C)C)C(C)(C)C)OCO4)C3CCCCCC)C5CCCCCC)C1CCCCCC.ClC1CCCCC1. The molecule has 4 aromatic carbocycles. The van der Waals surface area contributed by atoms with Crippen LogP contribution in [0.3, 0.4) is 0 Å². The highest BCUT2D eigenvalue weighted by Gasteiger charge is 2.43. The number of rotatable bonds is 20. The van der Waals surface area contributed by atoms with E-state index < -0.39 is 89.4 Å². The predicted octanol–water partition coefficient (Wildman–Crippen LogP) is 33.1. The lowest BCUT2D eigenvalue weighted by atomic mass is 9.74. The van der Waals surface area contributed by atoms with E-state index in [4.69, 9.17) is 54.8 Å². The number of aliphatic hydroxyl groups is 4. The third kappa shape index (κ3) is 36.3. The van der Waals surface area contributed by atoms with Crippen LogP contribution in [0, 0.1) is 149 Å². The highest BCUT2D eigenvalue weighted by Crippen LogP contribution is 2.60. The predicted molar refractivity (Wildman–Crippen MR) is 618 cm³/mol. The quantitative estimate of drug-likeness (QED) is 0.0285. The highest BCUT2D eigenvalue weighted by molar-refractivity contribution is 6.20. The molecule has 4 N–H and O–H groups in total. The molecule has 0 saturated heterocycles. The van der Waals surface area contributed by atoms with Gasteiger partial charge in [-0.3, -0.25) is 0 Å². The number of alkyl halides is 1. The Morgan fingerprint density at radius 3 is 0.560 bits per heavy atom. The van der Waals surface area contributed by atoms with E-state index in [1.54, 1.807) is 61.5 Å². The minimum atomic E-state index is -1.29. The van der Waals surface area contributed by atoms with E-state index in [1.165, 1.54) is 39.0 Å². The molecule has 4 heterocycles. The molecule has 810 valence electrons. The van der Waals surface area contributed by atoms with Gasteiger partial charge < -0.3 is 58.3 Å². The van der Waals surface area contributed by atoms with E-state index in [-0.39, 0.29) is 27.2 Å². The molecular formula is C136H182ClNO12. The normalized spacial score (nSPS) is 16.0. The van der Waals surface area contributed by atoms with E-state index in [2.05, 4.69) is 336 Å². The Hall–Kier alpha value is -10.5. The number of nitriles is 1. The number of benzene rings is 4. The Labute approximate surface area is 913 Å². The van der Waals surface area contributed by atoms with E-state index in [9.17, 15) is 20.4 Å². The maximum Gasteiger partial charge on any atom is 0.231 e. The summed E-state index contributed by atoms with van der Waals surface area (Å²) in [6.07, 6.45) is 24.2. The Morgan fingerprint density at radius 2 is 0.427 bits per heavy atom. The third-order valence-corrected chi connectivity index (χ3v) is 27.4. The van der Waals surface area contributed by atoms with Gasteiger partial charge in [-0.2, -0.15) is 5.26 Å². The summed E-state index contributed by atoms with van der Waals surface area (Å²) < 4.78 is 60.9. The van der Waals surface area contributed by atoms with Crippen LogP contribution in [0.1, 0.15) is 507 Å². The molecule has 0 spiro atoms. The molecule has 4 aliphatic heterocycles. The first-order valence-corrected chi connectivity index (χ1v) is 56.1. The molecule has 6 aliphatic rings. The van der Waals surface area contributed by atoms with Crippen molar-refractivity contribution in [3.8, 4) is 147 Å². The van der Waals surface area contributed by atoms with Gasteiger partial charge in [-0.15, -0.1) is 11.6 Å². The zero-order valence-electron chi connectivity index (χ0n) is 99.1. The zero-order chi connectivity index (χ0) is 112. The molecule has 0 radical (unpaired) electrons. The van der Waals surface area contributed by atoms with Gasteiger partial charge in [0.05, 0.1) is 50.7 Å². The molecule has 8 bridgehead atoms. The molecule has 0 atom stereocenters. The first kappa shape index (κ1) is 125. The maximum absolute atomic E-state index is 11.2. The van der Waals surface area contributed by atoms with Crippen LogP contribution >= 0.6 is 11.6 Å². The summed E-state index contributed by atoms with van der Waals surface area (Å²) in [4.78, 5) is 0. The van der Waals surface area contributed by atoms with E-state index in [0.717, 1.165) is 147 Å². The summed E-state index contributed by atoms with van der Waals surface area (Å²) in [5, 5.41) is 52.8. The van der Waals surface area contributed by atoms with E-state index in [1.807, 2.05) is 0 Å². The summed E-state index contributed by atoms with van der Waals surface area (Å²) in [7, 11) is 0. The minimum absolute atomic E-state index is 0.303. The molecule has 1 fully saturated rings. The van der Waals surface area contributed by atoms with Gasteiger partial charge in [-0.25, -0.2) is 0 Å². The first-order valence-electron chi connectivity index (χ1n) is 55.7. The average molecular weight is 2060 g/mol. The van der Waals surface area contributed by atoms with Crippen molar-refractivity contribution in [2.45, 2.75) is 468 Å². The van der Waals surface area contributed by atoms with Crippen molar-refractivity contribution in [1.29, 1.82) is 5.26 Å². The molecule has 14 heteroatoms. The van der Waals surface area contributed by atoms with Gasteiger partial charge in [0.2, 0.25) is 27.2 Å². The van der Waals surface area contributed by atoms with Crippen molar-refractivity contribution in [2.24, 2.45) is 43.3 Å². The molecule has 1 saturated carbocycles. The van der Waals surface area contributed by atoms with Crippen LogP contribution in [0.5, 0.6) is 46.0 Å². The number of halogens is 1. The van der Waals surface area contributed by atoms with Gasteiger partial charge in [0, 0.05) is 124 Å². The second kappa shape index (κ2) is 52.9. The summed E-state index contributed by atoms with van der Waals surface area (Å²) >= 11 is 5.82. The van der Waals surface area contributed by atoms with Crippen molar-refractivity contribution in [3.63, 3.8) is 0 Å². The number of allylic oxidation sites excluding steroid dienone is 4. The zero-order valence-corrected chi connectivity index (χ0v) is 99.8. The molecule has 10 rings (SSSR count). The van der Waals surface area contributed by atoms with Crippen LogP contribution in [-0.4, -0.2) is 75.4 Å². The Bertz CT molecular complexity index is 5510. The minimum Gasteiger partial charge on any atom is -0.456 e. The Balaban J connectivity index is 0.00000259. The fourth-order valence-electron chi connectivity index (χ4n) is 18.3. The van der Waals surface area contributed by atoms with Crippen molar-refractivity contribution in [2.75, 3.05) is 27.2 Å². The molecule has 0 unspecified atom stereocenters. The molecule has 0 aromatic heterocycles. The van der Waals surface area contributed by atoms with Crippen LogP contribution in [0.25, 0.3) is 0 Å². The largest absolute Gasteiger partial charge is 0.456 e. The highest BCUT2D eigenvalue weighted by atomic mass is 35.5. The van der Waals surface area contributed by atoms with Gasteiger partial charge in [0.15, 0.2) is 0 Å². The smallest absolute Gasteiger partial charge is 0.231 e. The van der Waals surface area contributed by atoms with Gasteiger partial charge in [-0.1, -0.05) is 434 Å². The summed E-state index contributed by atoms with van der Waals surface area (Å²) in [5.74, 6) is 59.0. The molecule has 2 aliphatic carbocycles. The number of hydrogen-bond donors (Lipinski definition) is 4. The maximum atomic E-state index is 11.2. The number of nitrogens with zero attached hydrogens (tertiary/aromatic N) is 1. The summed E-state index contributed by atoms with van der Waals surface area (Å²) in [6, 6.07) is 11.4. The average Bonchev–Trinajstić information content (AvgIpc) is 0.716. The van der Waals surface area contributed by atoms with E-state index >= 15 is 0 Å². The third-order valence-electron chi connectivity index (χ3n) is 26.9. The van der Waals surface area contributed by atoms with Crippen molar-refractivity contribution in [3.05, 3.63) is 159 Å². The van der Waals surface area contributed by atoms with Crippen molar-refractivity contribution < 1.29 is 58.3 Å². The van der Waals surface area contributed by atoms with Crippen LogP contribution in [0.2, 0.25) is 0 Å². The second-order valence-electron chi connectivity index (χ2n) is 51.8. The van der Waals surface area contributed by atoms with Crippen molar-refractivity contribution >= 4 is 11.6 Å². The molecule has 4 aromatic rings. The molecule has 0 amide bonds. The second-order valence-corrected chi connectivity index (χ2v) is 52.4. The molecule has 13 nitrogen and oxygen atoms in total. The monoisotopic (exact) mass is 2060 g/mol. The number of ether oxygens (including phenoxy) is 8. The van der Waals surface area contributed by atoms with Crippen molar-refractivity contribution in [1.82, 2.24) is 0 Å². The fraction of sp³-hybridized carbons (Fsp3) is 0.610. The number of hydrogen-bond acceptors (Lipinski definition) is 13. The molecule has 150 heavy (non-hydrogen) atoms. The lowest BCUT2D eigenvalue weighted by Crippen LogP contribution is -2.25. The van der Waals surface area contributed by atoms with Gasteiger partial charge in [0.25, 0.3) is 0 Å². The van der Waals surface area contributed by atoms with Gasteiger partial charge in [0.1, 0.15) is 90.7 Å².